The molecule has 1 nitrogen and oxygen atoms in total. The van der Waals surface area contributed by atoms with Gasteiger partial charge in [-0.15, -0.1) is 0 Å². The van der Waals surface area contributed by atoms with Gasteiger partial charge in [0.2, 0.25) is 0 Å². The summed E-state index contributed by atoms with van der Waals surface area (Å²) >= 11 is 0. The summed E-state index contributed by atoms with van der Waals surface area (Å²) in [4.78, 5) is 0. The highest BCUT2D eigenvalue weighted by molar-refractivity contribution is 5.90. The first-order valence-corrected chi connectivity index (χ1v) is 6.17. The zero-order valence-corrected chi connectivity index (χ0v) is 11.2. The molecule has 1 heteroatoms. The van der Waals surface area contributed by atoms with E-state index in [0.29, 0.717) is 6.54 Å². The molecule has 0 heterocycles. The first-order chi connectivity index (χ1) is 7.95. The van der Waals surface area contributed by atoms with Gasteiger partial charge in [0.25, 0.3) is 0 Å². The molecule has 90 valence electrons. The number of hydrogen-bond acceptors (Lipinski definition) is 1. The minimum atomic E-state index is 0.127. The van der Waals surface area contributed by atoms with Gasteiger partial charge in [0.05, 0.1) is 0 Å². The second kappa shape index (κ2) is 4.15. The molecule has 17 heavy (non-hydrogen) atoms. The maximum absolute atomic E-state index is 5.88. The molecule has 0 bridgehead atoms. The molecule has 0 saturated heterocycles. The summed E-state index contributed by atoms with van der Waals surface area (Å²) in [7, 11) is 0. The minimum absolute atomic E-state index is 0.127. The molecule has 0 aliphatic rings. The van der Waals surface area contributed by atoms with E-state index in [9.17, 15) is 0 Å². The van der Waals surface area contributed by atoms with E-state index < -0.39 is 0 Å². The van der Waals surface area contributed by atoms with Gasteiger partial charge in [-0.3, -0.25) is 0 Å². The number of fused-ring (bicyclic) bond motifs is 1. The van der Waals surface area contributed by atoms with E-state index in [-0.39, 0.29) is 5.41 Å². The van der Waals surface area contributed by atoms with E-state index in [0.717, 1.165) is 0 Å². The smallest absolute Gasteiger partial charge is 0.0181 e. The van der Waals surface area contributed by atoms with Gasteiger partial charge in [-0.05, 0) is 39.8 Å². The summed E-state index contributed by atoms with van der Waals surface area (Å²) in [5, 5.41) is 2.69. The van der Waals surface area contributed by atoms with Crippen molar-refractivity contribution < 1.29 is 0 Å². The number of nitrogens with two attached hydrogens (primary N) is 1. The van der Waals surface area contributed by atoms with Gasteiger partial charge in [-0.2, -0.15) is 0 Å². The van der Waals surface area contributed by atoms with Crippen LogP contribution in [0.5, 0.6) is 0 Å². The largest absolute Gasteiger partial charge is 0.326 e. The summed E-state index contributed by atoms with van der Waals surface area (Å²) in [6.07, 6.45) is 0. The van der Waals surface area contributed by atoms with E-state index in [1.54, 1.807) is 0 Å². The van der Waals surface area contributed by atoms with Crippen LogP contribution < -0.4 is 5.73 Å². The number of benzene rings is 2. The summed E-state index contributed by atoms with van der Waals surface area (Å²) < 4.78 is 0. The third-order valence-electron chi connectivity index (χ3n) is 3.34. The molecule has 0 spiro atoms. The van der Waals surface area contributed by atoms with Crippen LogP contribution in [0.1, 0.15) is 37.5 Å². The van der Waals surface area contributed by atoms with Gasteiger partial charge in [0.1, 0.15) is 0 Å². The Balaban J connectivity index is 2.89. The zero-order valence-electron chi connectivity index (χ0n) is 11.2. The maximum atomic E-state index is 5.88. The van der Waals surface area contributed by atoms with Crippen LogP contribution in [0.4, 0.5) is 0 Å². The van der Waals surface area contributed by atoms with E-state index in [1.807, 2.05) is 0 Å². The highest BCUT2D eigenvalue weighted by Gasteiger charge is 2.20. The molecule has 2 rings (SSSR count). The Hall–Kier alpha value is -1.34. The summed E-state index contributed by atoms with van der Waals surface area (Å²) in [5.41, 5.74) is 9.98. The van der Waals surface area contributed by atoms with Gasteiger partial charge in [-0.1, -0.05) is 51.1 Å². The Kier molecular flexibility index (Phi) is 2.96. The summed E-state index contributed by atoms with van der Waals surface area (Å²) in [6.45, 7) is 9.53. The molecule has 2 aromatic carbocycles. The molecule has 2 N–H and O–H groups in total. The van der Waals surface area contributed by atoms with Crippen molar-refractivity contribution in [2.75, 3.05) is 0 Å². The SMILES string of the molecule is Cc1cccc2c(C(C)(C)C)c(CN)ccc12. The molecule has 2 aromatic rings. The predicted molar refractivity (Wildman–Crippen MR) is 75.3 cm³/mol. The molecule has 0 unspecified atom stereocenters. The number of aryl methyl sites for hydroxylation is 1. The van der Waals surface area contributed by atoms with Crippen LogP contribution in [0.2, 0.25) is 0 Å². The fraction of sp³-hybridized carbons (Fsp3) is 0.375. The van der Waals surface area contributed by atoms with Gasteiger partial charge in [0, 0.05) is 6.54 Å². The molecule has 0 fully saturated rings. The Morgan fingerprint density at radius 1 is 1.00 bits per heavy atom. The van der Waals surface area contributed by atoms with Gasteiger partial charge >= 0.3 is 0 Å². The van der Waals surface area contributed by atoms with E-state index in [2.05, 4.69) is 58.0 Å². The highest BCUT2D eigenvalue weighted by Crippen LogP contribution is 2.34. The van der Waals surface area contributed by atoms with E-state index in [1.165, 1.54) is 27.5 Å². The van der Waals surface area contributed by atoms with Crippen LogP contribution in [0.15, 0.2) is 30.3 Å². The minimum Gasteiger partial charge on any atom is -0.326 e. The lowest BCUT2D eigenvalue weighted by Gasteiger charge is -2.25. The van der Waals surface area contributed by atoms with Crippen LogP contribution >= 0.6 is 0 Å². The van der Waals surface area contributed by atoms with E-state index in [4.69, 9.17) is 5.73 Å². The second-order valence-electron chi connectivity index (χ2n) is 5.72. The fourth-order valence-electron chi connectivity index (χ4n) is 2.62. The molecule has 0 amide bonds. The molecular formula is C16H21N. The van der Waals surface area contributed by atoms with Crippen LogP contribution in [-0.2, 0) is 12.0 Å². The monoisotopic (exact) mass is 227 g/mol. The normalized spacial score (nSPS) is 12.1. The van der Waals surface area contributed by atoms with Crippen molar-refractivity contribution in [2.45, 2.75) is 39.7 Å². The Morgan fingerprint density at radius 3 is 2.29 bits per heavy atom. The van der Waals surface area contributed by atoms with Crippen molar-refractivity contribution in [1.82, 2.24) is 0 Å². The number of rotatable bonds is 1. The van der Waals surface area contributed by atoms with E-state index >= 15 is 0 Å². The van der Waals surface area contributed by atoms with Crippen molar-refractivity contribution in [2.24, 2.45) is 5.73 Å². The molecular weight excluding hydrogens is 206 g/mol. The van der Waals surface area contributed by atoms with Gasteiger partial charge in [0.15, 0.2) is 0 Å². The van der Waals surface area contributed by atoms with Gasteiger partial charge < -0.3 is 5.73 Å². The first-order valence-electron chi connectivity index (χ1n) is 6.17. The quantitative estimate of drug-likeness (QED) is 0.785. The zero-order chi connectivity index (χ0) is 12.6. The molecule has 0 aliphatic heterocycles. The Morgan fingerprint density at radius 2 is 1.71 bits per heavy atom. The molecule has 0 saturated carbocycles. The van der Waals surface area contributed by atoms with Crippen LogP contribution in [-0.4, -0.2) is 0 Å². The highest BCUT2D eigenvalue weighted by atomic mass is 14.5. The van der Waals surface area contributed by atoms with Crippen LogP contribution in [0.25, 0.3) is 10.8 Å². The first kappa shape index (κ1) is 12.1. The van der Waals surface area contributed by atoms with Crippen molar-refractivity contribution in [3.05, 3.63) is 47.0 Å². The molecule has 0 atom stereocenters. The predicted octanol–water partition coefficient (Wildman–Crippen LogP) is 3.90. The van der Waals surface area contributed by atoms with Crippen LogP contribution in [0, 0.1) is 6.92 Å². The fourth-order valence-corrected chi connectivity index (χ4v) is 2.62. The third-order valence-corrected chi connectivity index (χ3v) is 3.34. The Bertz CT molecular complexity index is 547. The number of hydrogen-bond donors (Lipinski definition) is 1. The lowest BCUT2D eigenvalue weighted by atomic mass is 9.80. The second-order valence-corrected chi connectivity index (χ2v) is 5.72. The average Bonchev–Trinajstić information content (AvgIpc) is 2.26. The van der Waals surface area contributed by atoms with Crippen molar-refractivity contribution in [3.63, 3.8) is 0 Å². The topological polar surface area (TPSA) is 26.0 Å². The third kappa shape index (κ3) is 2.07. The van der Waals surface area contributed by atoms with Crippen LogP contribution in [0.3, 0.4) is 0 Å². The van der Waals surface area contributed by atoms with Crippen molar-refractivity contribution in [3.8, 4) is 0 Å². The Labute approximate surface area is 104 Å². The van der Waals surface area contributed by atoms with Crippen molar-refractivity contribution >= 4 is 10.8 Å². The lowest BCUT2D eigenvalue weighted by Crippen LogP contribution is -2.16. The lowest BCUT2D eigenvalue weighted by molar-refractivity contribution is 0.588. The standard InChI is InChI=1S/C16H21N/c1-11-6-5-7-14-13(11)9-8-12(10-17)15(14)16(2,3)4/h5-9H,10,17H2,1-4H3. The van der Waals surface area contributed by atoms with Crippen molar-refractivity contribution in [1.29, 1.82) is 0 Å². The van der Waals surface area contributed by atoms with Gasteiger partial charge in [-0.25, -0.2) is 0 Å². The molecule has 0 aliphatic carbocycles. The molecule has 0 radical (unpaired) electrons. The maximum Gasteiger partial charge on any atom is 0.0181 e. The molecule has 0 aromatic heterocycles. The average molecular weight is 227 g/mol. The summed E-state index contributed by atoms with van der Waals surface area (Å²) in [6, 6.07) is 10.9. The summed E-state index contributed by atoms with van der Waals surface area (Å²) in [5.74, 6) is 0.